The minimum Gasteiger partial charge on any atom is -0.462 e. The van der Waals surface area contributed by atoms with Crippen LogP contribution in [0.1, 0.15) is 323 Å². The number of allylic oxidation sites excluding steroid dienone is 16. The highest BCUT2D eigenvalue weighted by Crippen LogP contribution is 2.17. The molecule has 6 heteroatoms. The van der Waals surface area contributed by atoms with Gasteiger partial charge in [0, 0.05) is 19.3 Å². The third kappa shape index (κ3) is 63.2. The van der Waals surface area contributed by atoms with Gasteiger partial charge in [-0.15, -0.1) is 0 Å². The van der Waals surface area contributed by atoms with Gasteiger partial charge in [-0.2, -0.15) is 0 Å². The van der Waals surface area contributed by atoms with Gasteiger partial charge in [-0.3, -0.25) is 14.4 Å². The lowest BCUT2D eigenvalue weighted by molar-refractivity contribution is -0.167. The van der Waals surface area contributed by atoms with Crippen LogP contribution in [0.5, 0.6) is 0 Å². The Hall–Kier alpha value is -3.67. The van der Waals surface area contributed by atoms with Crippen LogP contribution in [0.4, 0.5) is 0 Å². The van der Waals surface area contributed by atoms with Crippen molar-refractivity contribution in [2.45, 2.75) is 329 Å². The van der Waals surface area contributed by atoms with Gasteiger partial charge in [-0.25, -0.2) is 0 Å². The predicted octanol–water partition coefficient (Wildman–Crippen LogP) is 22.8. The maximum atomic E-state index is 12.9. The number of carbonyl (C=O) groups is 3. The Kier molecular flexibility index (Phi) is 62.7. The summed E-state index contributed by atoms with van der Waals surface area (Å²) in [6.07, 6.45) is 88.7. The standard InChI is InChI=1S/C72H124O6/c1-4-7-10-13-16-19-21-23-25-27-29-31-33-34-35-36-37-38-40-41-43-45-47-49-51-53-56-59-62-65-71(74)77-68-69(67-76-70(73)64-61-58-55-18-15-12-9-6-3)78-72(75)66-63-60-57-54-52-50-48-46-44-42-39-32-30-28-26-24-22-20-17-14-11-8-5-2/h8,11,17,20-21,23-24,26-27,29-30,32,42,44,48,50,69H,4-7,9-10,12-16,18-19,22,25,28,31,33-41,43,45-47,49,51-68H2,1-3H3/b11-8-,20-17-,23-21-,26-24-,29-27-,32-30-,44-42-,50-48-. The van der Waals surface area contributed by atoms with Crippen molar-refractivity contribution in [1.82, 2.24) is 0 Å². The molecule has 0 saturated carbocycles. The van der Waals surface area contributed by atoms with E-state index in [1.54, 1.807) is 0 Å². The lowest BCUT2D eigenvalue weighted by Crippen LogP contribution is -2.30. The maximum Gasteiger partial charge on any atom is 0.306 e. The Balaban J connectivity index is 4.17. The van der Waals surface area contributed by atoms with Gasteiger partial charge >= 0.3 is 17.9 Å². The molecule has 0 bridgehead atoms. The fourth-order valence-electron chi connectivity index (χ4n) is 9.36. The van der Waals surface area contributed by atoms with Crippen LogP contribution in [0.15, 0.2) is 97.2 Å². The van der Waals surface area contributed by atoms with E-state index in [0.717, 1.165) is 116 Å². The van der Waals surface area contributed by atoms with Crippen molar-refractivity contribution in [3.8, 4) is 0 Å². The molecule has 0 fully saturated rings. The molecule has 0 heterocycles. The van der Waals surface area contributed by atoms with Gasteiger partial charge in [0.25, 0.3) is 0 Å². The van der Waals surface area contributed by atoms with Crippen LogP contribution in [0.2, 0.25) is 0 Å². The van der Waals surface area contributed by atoms with Gasteiger partial charge in [0.05, 0.1) is 0 Å². The first-order valence-corrected chi connectivity index (χ1v) is 33.2. The molecule has 1 atom stereocenters. The molecule has 0 saturated heterocycles. The van der Waals surface area contributed by atoms with E-state index in [9.17, 15) is 14.4 Å². The third-order valence-corrected chi connectivity index (χ3v) is 14.3. The molecule has 0 aliphatic heterocycles. The number of hydrogen-bond donors (Lipinski definition) is 0. The SMILES string of the molecule is CC/C=C\C/C=C\C/C=C\C/C=C\C/C=C\C/C=C\CCCCCCC(=O)OC(COC(=O)CCCCCCCCCC)COC(=O)CCCCCCCCCCCCCCCCCCC/C=C\C/C=C\CCCCCCC. The van der Waals surface area contributed by atoms with E-state index < -0.39 is 6.10 Å². The van der Waals surface area contributed by atoms with E-state index in [4.69, 9.17) is 14.2 Å². The summed E-state index contributed by atoms with van der Waals surface area (Å²) in [6.45, 7) is 6.49. The zero-order valence-corrected chi connectivity index (χ0v) is 51.4. The molecular formula is C72H124O6. The summed E-state index contributed by atoms with van der Waals surface area (Å²) < 4.78 is 16.9. The Morgan fingerprint density at radius 1 is 0.269 bits per heavy atom. The van der Waals surface area contributed by atoms with Crippen molar-refractivity contribution in [3.05, 3.63) is 97.2 Å². The van der Waals surface area contributed by atoms with E-state index in [1.165, 1.54) is 167 Å². The normalized spacial score (nSPS) is 12.7. The largest absolute Gasteiger partial charge is 0.462 e. The van der Waals surface area contributed by atoms with Crippen molar-refractivity contribution < 1.29 is 28.6 Å². The lowest BCUT2D eigenvalue weighted by Gasteiger charge is -2.18. The summed E-state index contributed by atoms with van der Waals surface area (Å²) in [5.41, 5.74) is 0. The fourth-order valence-corrected chi connectivity index (χ4v) is 9.36. The number of rotatable bonds is 60. The second kappa shape index (κ2) is 65.8. The molecule has 0 rings (SSSR count). The summed E-state index contributed by atoms with van der Waals surface area (Å²) in [4.78, 5) is 38.2. The summed E-state index contributed by atoms with van der Waals surface area (Å²) in [5, 5.41) is 0. The first-order chi connectivity index (χ1) is 38.5. The second-order valence-electron chi connectivity index (χ2n) is 22.0. The Morgan fingerprint density at radius 2 is 0.500 bits per heavy atom. The van der Waals surface area contributed by atoms with Gasteiger partial charge in [-0.05, 0) is 103 Å². The molecule has 0 radical (unpaired) electrons. The number of esters is 3. The highest BCUT2D eigenvalue weighted by atomic mass is 16.6. The van der Waals surface area contributed by atoms with Crippen molar-refractivity contribution in [2.75, 3.05) is 13.2 Å². The van der Waals surface area contributed by atoms with Gasteiger partial charge in [0.15, 0.2) is 6.10 Å². The van der Waals surface area contributed by atoms with Gasteiger partial charge in [0.1, 0.15) is 13.2 Å². The molecule has 0 aromatic carbocycles. The first kappa shape index (κ1) is 74.3. The van der Waals surface area contributed by atoms with Crippen molar-refractivity contribution in [3.63, 3.8) is 0 Å². The molecule has 0 aromatic heterocycles. The topological polar surface area (TPSA) is 78.9 Å². The van der Waals surface area contributed by atoms with E-state index in [1.807, 2.05) is 0 Å². The molecule has 78 heavy (non-hydrogen) atoms. The molecule has 0 aromatic rings. The average Bonchev–Trinajstić information content (AvgIpc) is 3.44. The number of carbonyl (C=O) groups excluding carboxylic acids is 3. The quantitative estimate of drug-likeness (QED) is 0.0261. The average molecular weight is 1090 g/mol. The van der Waals surface area contributed by atoms with E-state index in [2.05, 4.69) is 118 Å². The lowest BCUT2D eigenvalue weighted by atomic mass is 10.0. The molecular weight excluding hydrogens is 961 g/mol. The van der Waals surface area contributed by atoms with E-state index in [0.29, 0.717) is 19.3 Å². The van der Waals surface area contributed by atoms with Crippen LogP contribution in [-0.4, -0.2) is 37.2 Å². The molecule has 0 aliphatic carbocycles. The summed E-state index contributed by atoms with van der Waals surface area (Å²) in [7, 11) is 0. The van der Waals surface area contributed by atoms with Crippen LogP contribution in [0.25, 0.3) is 0 Å². The molecule has 0 N–H and O–H groups in total. The highest BCUT2D eigenvalue weighted by molar-refractivity contribution is 5.71. The summed E-state index contributed by atoms with van der Waals surface area (Å²) in [5.74, 6) is -0.905. The molecule has 0 aliphatic rings. The summed E-state index contributed by atoms with van der Waals surface area (Å²) in [6, 6.07) is 0. The van der Waals surface area contributed by atoms with Gasteiger partial charge in [-0.1, -0.05) is 298 Å². The van der Waals surface area contributed by atoms with Gasteiger partial charge in [0.2, 0.25) is 0 Å². The van der Waals surface area contributed by atoms with Gasteiger partial charge < -0.3 is 14.2 Å². The molecule has 1 unspecified atom stereocenters. The Bertz CT molecular complexity index is 1530. The third-order valence-electron chi connectivity index (χ3n) is 14.3. The number of hydrogen-bond acceptors (Lipinski definition) is 6. The maximum absolute atomic E-state index is 12.9. The van der Waals surface area contributed by atoms with E-state index >= 15 is 0 Å². The Labute approximate surface area is 483 Å². The zero-order valence-electron chi connectivity index (χ0n) is 51.4. The van der Waals surface area contributed by atoms with Crippen LogP contribution < -0.4 is 0 Å². The van der Waals surface area contributed by atoms with Crippen molar-refractivity contribution in [1.29, 1.82) is 0 Å². The van der Waals surface area contributed by atoms with Crippen molar-refractivity contribution in [2.24, 2.45) is 0 Å². The summed E-state index contributed by atoms with van der Waals surface area (Å²) >= 11 is 0. The second-order valence-corrected chi connectivity index (χ2v) is 22.0. The smallest absolute Gasteiger partial charge is 0.306 e. The van der Waals surface area contributed by atoms with Crippen LogP contribution in [0, 0.1) is 0 Å². The minimum atomic E-state index is -0.789. The van der Waals surface area contributed by atoms with Crippen LogP contribution >= 0.6 is 0 Å². The first-order valence-electron chi connectivity index (χ1n) is 33.2. The zero-order chi connectivity index (χ0) is 56.4. The van der Waals surface area contributed by atoms with Crippen LogP contribution in [0.3, 0.4) is 0 Å². The molecule has 0 spiro atoms. The predicted molar refractivity (Wildman–Crippen MR) is 339 cm³/mol. The minimum absolute atomic E-state index is 0.0854. The molecule has 6 nitrogen and oxygen atoms in total. The number of ether oxygens (including phenoxy) is 3. The fraction of sp³-hybridized carbons (Fsp3) is 0.736. The monoisotopic (exact) mass is 1080 g/mol. The van der Waals surface area contributed by atoms with E-state index in [-0.39, 0.29) is 31.1 Å². The highest BCUT2D eigenvalue weighted by Gasteiger charge is 2.19. The molecule has 0 amide bonds. The Morgan fingerprint density at radius 3 is 0.782 bits per heavy atom. The van der Waals surface area contributed by atoms with Crippen LogP contribution in [-0.2, 0) is 28.6 Å². The number of unbranched alkanes of at least 4 members (excludes halogenated alkanes) is 33. The van der Waals surface area contributed by atoms with Crippen molar-refractivity contribution >= 4 is 17.9 Å². The molecule has 448 valence electrons.